The van der Waals surface area contributed by atoms with E-state index < -0.39 is 15.0 Å². The summed E-state index contributed by atoms with van der Waals surface area (Å²) in [4.78, 5) is 11.8. The van der Waals surface area contributed by atoms with E-state index in [9.17, 15) is 13.2 Å². The van der Waals surface area contributed by atoms with Crippen LogP contribution in [0.2, 0.25) is 0 Å². The smallest absolute Gasteiger partial charge is 0.287 e. The van der Waals surface area contributed by atoms with Crippen LogP contribution in [0.3, 0.4) is 0 Å². The van der Waals surface area contributed by atoms with Gasteiger partial charge in [0.05, 0.1) is 0 Å². The molecule has 7 heteroatoms. The second-order valence-corrected chi connectivity index (χ2v) is 7.37. The molecule has 1 heterocycles. The average molecular weight is 322 g/mol. The summed E-state index contributed by atoms with van der Waals surface area (Å²) in [5.74, 6) is -0.350. The van der Waals surface area contributed by atoms with Gasteiger partial charge >= 0.3 is 0 Å². The predicted molar refractivity (Wildman–Crippen MR) is 77.6 cm³/mol. The lowest BCUT2D eigenvalue weighted by molar-refractivity contribution is 0.0908. The first-order valence-corrected chi connectivity index (χ1v) is 8.92. The average Bonchev–Trinajstić information content (AvgIpc) is 2.71. The number of hydrogen-bond donors (Lipinski definition) is 1. The third kappa shape index (κ3) is 4.83. The molecule has 1 N–H and O–H groups in total. The van der Waals surface area contributed by atoms with Gasteiger partial charge in [-0.3, -0.25) is 4.79 Å². The molecule has 0 saturated carbocycles. The molecule has 0 spiro atoms. The number of halogens is 1. The van der Waals surface area contributed by atoms with Gasteiger partial charge in [-0.25, -0.2) is 8.42 Å². The summed E-state index contributed by atoms with van der Waals surface area (Å²) in [6.45, 7) is 5.47. The van der Waals surface area contributed by atoms with Crippen molar-refractivity contribution in [1.29, 1.82) is 0 Å². The molecule has 1 aromatic rings. The molecule has 114 valence electrons. The zero-order valence-corrected chi connectivity index (χ0v) is 13.5. The molecule has 1 aromatic heterocycles. The van der Waals surface area contributed by atoms with Crippen LogP contribution < -0.4 is 5.32 Å². The molecule has 5 nitrogen and oxygen atoms in total. The molecule has 1 atom stereocenters. The number of hydrogen-bond acceptors (Lipinski definition) is 4. The third-order valence-corrected chi connectivity index (χ3v) is 4.41. The third-order valence-electron chi connectivity index (χ3n) is 2.98. The number of carbonyl (C=O) groups excluding carboxylic acids is 1. The van der Waals surface area contributed by atoms with Crippen LogP contribution in [-0.2, 0) is 9.05 Å². The van der Waals surface area contributed by atoms with E-state index in [1.54, 1.807) is 0 Å². The molecule has 0 aliphatic heterocycles. The van der Waals surface area contributed by atoms with Gasteiger partial charge in [-0.15, -0.1) is 0 Å². The van der Waals surface area contributed by atoms with Crippen molar-refractivity contribution in [2.45, 2.75) is 57.4 Å². The summed E-state index contributed by atoms with van der Waals surface area (Å²) in [5, 5.41) is 2.78. The second-order valence-electron chi connectivity index (χ2n) is 4.84. The minimum absolute atomic E-state index is 0.00974. The van der Waals surface area contributed by atoms with Crippen molar-refractivity contribution in [1.82, 2.24) is 5.32 Å². The van der Waals surface area contributed by atoms with Crippen molar-refractivity contribution >= 4 is 25.6 Å². The molecule has 0 aliphatic rings. The summed E-state index contributed by atoms with van der Waals surface area (Å²) in [6, 6.07) is 1.17. The zero-order chi connectivity index (χ0) is 15.3. The minimum Gasteiger partial charge on any atom is -0.455 e. The quantitative estimate of drug-likeness (QED) is 0.618. The molecule has 0 aromatic carbocycles. The molecule has 0 bridgehead atoms. The highest BCUT2D eigenvalue weighted by atomic mass is 35.7. The van der Waals surface area contributed by atoms with E-state index >= 15 is 0 Å². The topological polar surface area (TPSA) is 76.4 Å². The summed E-state index contributed by atoms with van der Waals surface area (Å²) in [5.41, 5.74) is 0. The first-order chi connectivity index (χ1) is 9.25. The lowest BCUT2D eigenvalue weighted by Gasteiger charge is -2.12. The Kier molecular flexibility index (Phi) is 6.07. The largest absolute Gasteiger partial charge is 0.455 e. The van der Waals surface area contributed by atoms with Gasteiger partial charge in [0.1, 0.15) is 10.7 Å². The van der Waals surface area contributed by atoms with Crippen LogP contribution in [0.1, 0.15) is 55.8 Å². The fourth-order valence-electron chi connectivity index (χ4n) is 1.89. The molecule has 1 amide bonds. The maximum absolute atomic E-state index is 11.9. The number of furan rings is 1. The van der Waals surface area contributed by atoms with Crippen molar-refractivity contribution in [2.75, 3.05) is 0 Å². The Morgan fingerprint density at radius 1 is 1.45 bits per heavy atom. The number of rotatable bonds is 7. The van der Waals surface area contributed by atoms with Gasteiger partial charge in [-0.2, -0.15) is 0 Å². The molecule has 1 unspecified atom stereocenters. The highest BCUT2D eigenvalue weighted by molar-refractivity contribution is 8.13. The normalized spacial score (nSPS) is 13.2. The van der Waals surface area contributed by atoms with Gasteiger partial charge in [0.2, 0.25) is 0 Å². The summed E-state index contributed by atoms with van der Waals surface area (Å²) < 4.78 is 27.7. The summed E-state index contributed by atoms with van der Waals surface area (Å²) in [6.07, 6.45) is 4.15. The van der Waals surface area contributed by atoms with E-state index in [2.05, 4.69) is 12.2 Å². The number of carbonyl (C=O) groups is 1. The molecular weight excluding hydrogens is 302 g/mol. The Labute approximate surface area is 124 Å². The van der Waals surface area contributed by atoms with E-state index in [4.69, 9.17) is 15.1 Å². The van der Waals surface area contributed by atoms with Crippen molar-refractivity contribution in [3.8, 4) is 0 Å². The highest BCUT2D eigenvalue weighted by Gasteiger charge is 2.22. The van der Waals surface area contributed by atoms with Gasteiger partial charge < -0.3 is 9.73 Å². The SMILES string of the molecule is CCCCCC(C)NC(=O)c1cc(S(=O)(=O)Cl)c(C)o1. The van der Waals surface area contributed by atoms with Crippen LogP contribution in [0.4, 0.5) is 0 Å². The van der Waals surface area contributed by atoms with Crippen molar-refractivity contribution in [2.24, 2.45) is 0 Å². The molecular formula is C13H20ClNO4S. The lowest BCUT2D eigenvalue weighted by atomic mass is 10.1. The van der Waals surface area contributed by atoms with Crippen molar-refractivity contribution < 1.29 is 17.6 Å². The minimum atomic E-state index is -3.89. The first-order valence-electron chi connectivity index (χ1n) is 6.61. The summed E-state index contributed by atoms with van der Waals surface area (Å²) >= 11 is 0. The molecule has 20 heavy (non-hydrogen) atoms. The molecule has 0 saturated heterocycles. The maximum atomic E-state index is 11.9. The standard InChI is InChI=1S/C13H20ClNO4S/c1-4-5-6-7-9(2)15-13(16)11-8-12(10(3)19-11)20(14,17)18/h8-9H,4-7H2,1-3H3,(H,15,16). The predicted octanol–water partition coefficient (Wildman–Crippen LogP) is 3.21. The Morgan fingerprint density at radius 3 is 2.60 bits per heavy atom. The van der Waals surface area contributed by atoms with Gasteiger partial charge in [0.25, 0.3) is 15.0 Å². The number of unbranched alkanes of at least 4 members (excludes halogenated alkanes) is 2. The van der Waals surface area contributed by atoms with Crippen LogP contribution >= 0.6 is 10.7 Å². The molecule has 0 radical (unpaired) electrons. The van der Waals surface area contributed by atoms with E-state index in [-0.39, 0.29) is 22.5 Å². The van der Waals surface area contributed by atoms with Gasteiger partial charge in [-0.05, 0) is 20.3 Å². The molecule has 0 fully saturated rings. The van der Waals surface area contributed by atoms with E-state index in [0.717, 1.165) is 31.7 Å². The fraction of sp³-hybridized carbons (Fsp3) is 0.615. The fourth-order valence-corrected chi connectivity index (χ4v) is 2.98. The Hall–Kier alpha value is -1.01. The van der Waals surface area contributed by atoms with Crippen molar-refractivity contribution in [3.63, 3.8) is 0 Å². The maximum Gasteiger partial charge on any atom is 0.287 e. The highest BCUT2D eigenvalue weighted by Crippen LogP contribution is 2.23. The number of aryl methyl sites for hydroxylation is 1. The van der Waals surface area contributed by atoms with Gasteiger partial charge in [-0.1, -0.05) is 26.2 Å². The second kappa shape index (κ2) is 7.13. The summed E-state index contributed by atoms with van der Waals surface area (Å²) in [7, 11) is 1.36. The van der Waals surface area contributed by atoms with Crippen LogP contribution in [0, 0.1) is 6.92 Å². The Bertz CT molecular complexity index is 565. The van der Waals surface area contributed by atoms with E-state index in [1.165, 1.54) is 6.92 Å². The lowest BCUT2D eigenvalue weighted by Crippen LogP contribution is -2.32. The first kappa shape index (κ1) is 17.0. The van der Waals surface area contributed by atoms with Crippen molar-refractivity contribution in [3.05, 3.63) is 17.6 Å². The zero-order valence-electron chi connectivity index (χ0n) is 11.9. The Balaban J connectivity index is 2.69. The van der Waals surface area contributed by atoms with Crippen LogP contribution in [0.5, 0.6) is 0 Å². The van der Waals surface area contributed by atoms with E-state index in [0.29, 0.717) is 0 Å². The number of amides is 1. The van der Waals surface area contributed by atoms with Crippen LogP contribution in [0.25, 0.3) is 0 Å². The molecule has 0 aliphatic carbocycles. The number of nitrogens with one attached hydrogen (secondary N) is 1. The van der Waals surface area contributed by atoms with Gasteiger partial charge in [0.15, 0.2) is 5.76 Å². The Morgan fingerprint density at radius 2 is 2.10 bits per heavy atom. The molecule has 1 rings (SSSR count). The van der Waals surface area contributed by atoms with Crippen LogP contribution in [0.15, 0.2) is 15.4 Å². The van der Waals surface area contributed by atoms with Gasteiger partial charge in [0, 0.05) is 22.8 Å². The van der Waals surface area contributed by atoms with Crippen LogP contribution in [-0.4, -0.2) is 20.4 Å². The van der Waals surface area contributed by atoms with E-state index in [1.807, 2.05) is 6.92 Å². The monoisotopic (exact) mass is 321 g/mol.